The van der Waals surface area contributed by atoms with E-state index in [0.29, 0.717) is 33.9 Å². The number of aromatic amines is 1. The molecule has 0 bridgehead atoms. The van der Waals surface area contributed by atoms with Gasteiger partial charge in [0, 0.05) is 35.7 Å². The number of hydrogen-bond donors (Lipinski definition) is 6. The number of H-pyrrole nitrogens is 1. The summed E-state index contributed by atoms with van der Waals surface area (Å²) in [7, 11) is 0. The molecule has 152 valence electrons. The number of nitrogens with two attached hydrogens (primary N) is 2. The normalized spacial score (nSPS) is 16.8. The van der Waals surface area contributed by atoms with E-state index in [4.69, 9.17) is 11.5 Å². The molecule has 1 unspecified atom stereocenters. The monoisotopic (exact) mass is 394 g/mol. The van der Waals surface area contributed by atoms with Crippen LogP contribution in [-0.4, -0.2) is 30.0 Å². The summed E-state index contributed by atoms with van der Waals surface area (Å²) in [6.07, 6.45) is 5.44. The molecular formula is C21H26N6O2. The molecule has 1 aliphatic heterocycles. The SMILES string of the molecule is C=C(Nc1ccc(C(N)=O)cc1)c1c(/C=C(\N)NC2CCCNC2)cc[nH]c1=O. The van der Waals surface area contributed by atoms with E-state index in [9.17, 15) is 9.59 Å². The van der Waals surface area contributed by atoms with Crippen LogP contribution in [0.3, 0.4) is 0 Å². The van der Waals surface area contributed by atoms with Gasteiger partial charge >= 0.3 is 0 Å². The number of benzene rings is 1. The minimum Gasteiger partial charge on any atom is -0.386 e. The molecule has 29 heavy (non-hydrogen) atoms. The lowest BCUT2D eigenvalue weighted by Crippen LogP contribution is -2.44. The number of rotatable bonds is 7. The molecule has 1 aliphatic rings. The van der Waals surface area contributed by atoms with Crippen molar-refractivity contribution in [2.75, 3.05) is 18.4 Å². The summed E-state index contributed by atoms with van der Waals surface area (Å²) in [5.74, 6) is -0.0115. The summed E-state index contributed by atoms with van der Waals surface area (Å²) >= 11 is 0. The van der Waals surface area contributed by atoms with Crippen LogP contribution in [0.5, 0.6) is 0 Å². The zero-order chi connectivity index (χ0) is 20.8. The summed E-state index contributed by atoms with van der Waals surface area (Å²) in [6.45, 7) is 5.87. The van der Waals surface area contributed by atoms with Crippen molar-refractivity contribution in [2.24, 2.45) is 11.5 Å². The van der Waals surface area contributed by atoms with Gasteiger partial charge in [0.05, 0.1) is 11.4 Å². The minimum absolute atomic E-state index is 0.260. The number of pyridine rings is 1. The quantitative estimate of drug-likeness (QED) is 0.417. The highest BCUT2D eigenvalue weighted by molar-refractivity contribution is 5.93. The maximum absolute atomic E-state index is 12.5. The first kappa shape index (κ1) is 20.2. The number of aromatic nitrogens is 1. The van der Waals surface area contributed by atoms with Crippen molar-refractivity contribution < 1.29 is 4.79 Å². The number of carbonyl (C=O) groups excluding carboxylic acids is 1. The first-order valence-electron chi connectivity index (χ1n) is 9.46. The second kappa shape index (κ2) is 9.11. The van der Waals surface area contributed by atoms with Crippen LogP contribution in [0.1, 0.15) is 34.3 Å². The van der Waals surface area contributed by atoms with Crippen molar-refractivity contribution in [1.29, 1.82) is 0 Å². The number of amides is 1. The average Bonchev–Trinajstić information content (AvgIpc) is 2.69. The van der Waals surface area contributed by atoms with Crippen molar-refractivity contribution in [3.05, 3.63) is 76.0 Å². The molecule has 1 saturated heterocycles. The Bertz CT molecular complexity index is 971. The Morgan fingerprint density at radius 2 is 1.97 bits per heavy atom. The summed E-state index contributed by atoms with van der Waals surface area (Å²) in [5.41, 5.74) is 13.7. The van der Waals surface area contributed by atoms with Crippen molar-refractivity contribution in [3.63, 3.8) is 0 Å². The molecule has 1 amide bonds. The highest BCUT2D eigenvalue weighted by atomic mass is 16.1. The van der Waals surface area contributed by atoms with Crippen molar-refractivity contribution in [1.82, 2.24) is 15.6 Å². The maximum atomic E-state index is 12.5. The van der Waals surface area contributed by atoms with Gasteiger partial charge in [-0.2, -0.15) is 0 Å². The fourth-order valence-electron chi connectivity index (χ4n) is 3.30. The lowest BCUT2D eigenvalue weighted by Gasteiger charge is -2.24. The molecule has 1 aromatic heterocycles. The first-order chi connectivity index (χ1) is 13.9. The molecule has 0 spiro atoms. The van der Waals surface area contributed by atoms with Crippen molar-refractivity contribution in [2.45, 2.75) is 18.9 Å². The van der Waals surface area contributed by atoms with E-state index in [-0.39, 0.29) is 11.6 Å². The predicted molar refractivity (Wildman–Crippen MR) is 116 cm³/mol. The minimum atomic E-state index is -0.501. The third kappa shape index (κ3) is 5.26. The second-order valence-electron chi connectivity index (χ2n) is 6.97. The Morgan fingerprint density at radius 3 is 2.62 bits per heavy atom. The molecule has 2 aromatic rings. The lowest BCUT2D eigenvalue weighted by atomic mass is 10.1. The number of piperidine rings is 1. The summed E-state index contributed by atoms with van der Waals surface area (Å²) in [4.78, 5) is 26.3. The van der Waals surface area contributed by atoms with Gasteiger partial charge in [0.25, 0.3) is 5.56 Å². The molecule has 1 aromatic carbocycles. The number of hydrogen-bond acceptors (Lipinski definition) is 6. The van der Waals surface area contributed by atoms with Gasteiger partial charge < -0.3 is 32.4 Å². The van der Waals surface area contributed by atoms with E-state index in [1.54, 1.807) is 42.6 Å². The summed E-state index contributed by atoms with van der Waals surface area (Å²) in [6, 6.07) is 8.64. The molecule has 8 heteroatoms. The van der Waals surface area contributed by atoms with Crippen molar-refractivity contribution >= 4 is 23.4 Å². The molecule has 8 nitrogen and oxygen atoms in total. The van der Waals surface area contributed by atoms with Gasteiger partial charge in [0.1, 0.15) is 0 Å². The number of nitrogens with one attached hydrogen (secondary N) is 4. The number of carbonyl (C=O) groups is 1. The summed E-state index contributed by atoms with van der Waals surface area (Å²) in [5, 5.41) is 9.71. The summed E-state index contributed by atoms with van der Waals surface area (Å²) < 4.78 is 0. The predicted octanol–water partition coefficient (Wildman–Crippen LogP) is 1.16. The third-order valence-electron chi connectivity index (χ3n) is 4.74. The zero-order valence-electron chi connectivity index (χ0n) is 16.1. The van der Waals surface area contributed by atoms with Crippen LogP contribution in [-0.2, 0) is 0 Å². The van der Waals surface area contributed by atoms with Crippen LogP contribution in [0.4, 0.5) is 5.69 Å². The fourth-order valence-corrected chi connectivity index (χ4v) is 3.30. The van der Waals surface area contributed by atoms with E-state index >= 15 is 0 Å². The van der Waals surface area contributed by atoms with Gasteiger partial charge in [-0.05, 0) is 61.4 Å². The molecule has 1 atom stereocenters. The lowest BCUT2D eigenvalue weighted by molar-refractivity contribution is 0.100. The van der Waals surface area contributed by atoms with E-state index in [1.165, 1.54) is 0 Å². The highest BCUT2D eigenvalue weighted by Crippen LogP contribution is 2.19. The first-order valence-corrected chi connectivity index (χ1v) is 9.46. The van der Waals surface area contributed by atoms with Crippen LogP contribution in [0, 0.1) is 0 Å². The van der Waals surface area contributed by atoms with Crippen LogP contribution in [0.25, 0.3) is 11.8 Å². The Labute approximate surface area is 169 Å². The number of primary amides is 1. The largest absolute Gasteiger partial charge is 0.386 e. The zero-order valence-corrected chi connectivity index (χ0v) is 16.1. The third-order valence-corrected chi connectivity index (χ3v) is 4.74. The topological polar surface area (TPSA) is 138 Å². The van der Waals surface area contributed by atoms with E-state index in [1.807, 2.05) is 0 Å². The maximum Gasteiger partial charge on any atom is 0.257 e. The molecule has 0 saturated carbocycles. The Morgan fingerprint density at radius 1 is 1.21 bits per heavy atom. The Kier molecular flexibility index (Phi) is 6.36. The standard InChI is InChI=1S/C21H26N6O2/c1-13(26-16-6-4-14(5-7-16)20(23)28)19-15(8-10-25-21(19)29)11-18(22)27-17-3-2-9-24-12-17/h4-8,10-11,17,24,26-27H,1-3,9,12,22H2,(H2,23,28)(H,25,29)/b18-11+. The van der Waals surface area contributed by atoms with E-state index < -0.39 is 5.91 Å². The second-order valence-corrected chi connectivity index (χ2v) is 6.97. The molecule has 1 fully saturated rings. The molecule has 8 N–H and O–H groups in total. The van der Waals surface area contributed by atoms with Crippen LogP contribution in [0.15, 0.2) is 53.7 Å². The Balaban J connectivity index is 1.79. The van der Waals surface area contributed by atoms with Gasteiger partial charge in [0.2, 0.25) is 5.91 Å². The molecule has 3 rings (SSSR count). The number of anilines is 1. The van der Waals surface area contributed by atoms with E-state index in [0.717, 1.165) is 25.9 Å². The van der Waals surface area contributed by atoms with E-state index in [2.05, 4.69) is 27.5 Å². The fraction of sp³-hybridized carbons (Fsp3) is 0.238. The van der Waals surface area contributed by atoms with Gasteiger partial charge in [-0.25, -0.2) is 0 Å². The molecular weight excluding hydrogens is 368 g/mol. The smallest absolute Gasteiger partial charge is 0.257 e. The average molecular weight is 394 g/mol. The van der Waals surface area contributed by atoms with Gasteiger partial charge in [-0.15, -0.1) is 0 Å². The molecule has 2 heterocycles. The molecule has 0 radical (unpaired) electrons. The van der Waals surface area contributed by atoms with Crippen LogP contribution >= 0.6 is 0 Å². The highest BCUT2D eigenvalue weighted by Gasteiger charge is 2.14. The van der Waals surface area contributed by atoms with Crippen LogP contribution in [0.2, 0.25) is 0 Å². The van der Waals surface area contributed by atoms with Gasteiger partial charge in [-0.3, -0.25) is 9.59 Å². The molecule has 0 aliphatic carbocycles. The van der Waals surface area contributed by atoms with Gasteiger partial charge in [-0.1, -0.05) is 6.58 Å². The van der Waals surface area contributed by atoms with Crippen LogP contribution < -0.4 is 33.0 Å². The Hall–Kier alpha value is -3.52. The van der Waals surface area contributed by atoms with Crippen molar-refractivity contribution in [3.8, 4) is 0 Å². The van der Waals surface area contributed by atoms with Gasteiger partial charge in [0.15, 0.2) is 0 Å².